The van der Waals surface area contributed by atoms with Gasteiger partial charge in [0.1, 0.15) is 5.75 Å². The van der Waals surface area contributed by atoms with E-state index in [-0.39, 0.29) is 16.1 Å². The second-order valence-electron chi connectivity index (χ2n) is 8.26. The molecule has 2 unspecified atom stereocenters. The number of fused-ring (bicyclic) bond motifs is 3. The molecule has 0 aromatic heterocycles. The zero-order valence-corrected chi connectivity index (χ0v) is 19.2. The molecule has 1 saturated carbocycles. The number of likely N-dealkylation sites (N-methyl/N-ethyl adjacent to an activating group) is 1. The maximum Gasteiger partial charge on any atom is 0.262 e. The third-order valence-corrected chi connectivity index (χ3v) is 7.70. The molecule has 2 aliphatic rings. The average molecular weight is 459 g/mol. The molecule has 0 saturated heterocycles. The molecule has 1 heterocycles. The number of nitrogens with zero attached hydrogens (tertiary/aromatic N) is 1. The molecule has 1 fully saturated rings. The average Bonchev–Trinajstić information content (AvgIpc) is 3.56. The summed E-state index contributed by atoms with van der Waals surface area (Å²) in [5.41, 5.74) is 1.64. The van der Waals surface area contributed by atoms with Crippen LogP contribution in [0, 0.1) is 5.92 Å². The van der Waals surface area contributed by atoms with Crippen LogP contribution in [0.2, 0.25) is 0 Å². The molecule has 32 heavy (non-hydrogen) atoms. The topological polar surface area (TPSA) is 99.1 Å². The summed E-state index contributed by atoms with van der Waals surface area (Å²) in [6.07, 6.45) is 2.90. The lowest BCUT2D eigenvalue weighted by Crippen LogP contribution is -2.22. The number of rotatable bonds is 9. The fourth-order valence-electron chi connectivity index (χ4n) is 4.29. The van der Waals surface area contributed by atoms with Gasteiger partial charge in [0.05, 0.1) is 22.8 Å². The molecule has 2 aromatic carbocycles. The molecule has 4 rings (SSSR count). The van der Waals surface area contributed by atoms with Crippen molar-refractivity contribution in [1.82, 2.24) is 4.90 Å². The highest BCUT2D eigenvalue weighted by molar-refractivity contribution is 7.92. The molecule has 172 valence electrons. The highest BCUT2D eigenvalue weighted by atomic mass is 32.2. The van der Waals surface area contributed by atoms with E-state index in [1.165, 1.54) is 6.07 Å². The smallest absolute Gasteiger partial charge is 0.262 e. The number of aliphatic hydroxyl groups is 2. The van der Waals surface area contributed by atoms with Crippen molar-refractivity contribution >= 4 is 21.8 Å². The third kappa shape index (κ3) is 4.54. The van der Waals surface area contributed by atoms with E-state index in [9.17, 15) is 18.6 Å². The molecule has 2 aromatic rings. The molecule has 0 spiro atoms. The number of hydrogen-bond donors (Lipinski definition) is 3. The first kappa shape index (κ1) is 22.8. The van der Waals surface area contributed by atoms with Crippen LogP contribution in [0.4, 0.5) is 5.69 Å². The summed E-state index contributed by atoms with van der Waals surface area (Å²) in [7, 11) is -3.98. The maximum absolute atomic E-state index is 13.3. The number of aliphatic hydroxyl groups excluding tert-OH is 1. The summed E-state index contributed by atoms with van der Waals surface area (Å²) >= 11 is 0. The molecule has 7 nitrogen and oxygen atoms in total. The van der Waals surface area contributed by atoms with E-state index < -0.39 is 16.3 Å². The zero-order chi connectivity index (χ0) is 22.9. The third-order valence-electron chi connectivity index (χ3n) is 6.26. The van der Waals surface area contributed by atoms with E-state index in [1.807, 2.05) is 12.1 Å². The predicted octanol–water partition coefficient (Wildman–Crippen LogP) is 3.32. The van der Waals surface area contributed by atoms with E-state index in [0.29, 0.717) is 29.8 Å². The van der Waals surface area contributed by atoms with Gasteiger partial charge in [0.25, 0.3) is 10.0 Å². The van der Waals surface area contributed by atoms with E-state index in [4.69, 9.17) is 4.74 Å². The molecular formula is C24H30N2O5S. The van der Waals surface area contributed by atoms with Crippen LogP contribution in [0.1, 0.15) is 49.2 Å². The van der Waals surface area contributed by atoms with Crippen molar-refractivity contribution in [3.63, 3.8) is 0 Å². The first-order chi connectivity index (χ1) is 15.4. The lowest BCUT2D eigenvalue weighted by atomic mass is 10.00. The second kappa shape index (κ2) is 9.23. The Balaban J connectivity index is 1.64. The van der Waals surface area contributed by atoms with E-state index >= 15 is 0 Å². The van der Waals surface area contributed by atoms with Gasteiger partial charge in [0, 0.05) is 12.5 Å². The van der Waals surface area contributed by atoms with E-state index in [1.54, 1.807) is 30.3 Å². The van der Waals surface area contributed by atoms with Gasteiger partial charge in [-0.15, -0.1) is 0 Å². The minimum atomic E-state index is -3.98. The highest BCUT2D eigenvalue weighted by Gasteiger charge is 2.45. The van der Waals surface area contributed by atoms with Crippen LogP contribution in [0.25, 0.3) is 6.08 Å². The molecule has 0 amide bonds. The molecular weight excluding hydrogens is 428 g/mol. The number of ether oxygens (including phenoxy) is 1. The van der Waals surface area contributed by atoms with Crippen molar-refractivity contribution in [2.75, 3.05) is 31.0 Å². The Labute approximate surface area is 189 Å². The Morgan fingerprint density at radius 1 is 1.19 bits per heavy atom. The van der Waals surface area contributed by atoms with Crippen molar-refractivity contribution in [2.45, 2.75) is 37.4 Å². The van der Waals surface area contributed by atoms with Crippen molar-refractivity contribution in [3.05, 3.63) is 59.2 Å². The minimum absolute atomic E-state index is 0.0611. The van der Waals surface area contributed by atoms with Gasteiger partial charge in [-0.1, -0.05) is 50.3 Å². The normalized spacial score (nSPS) is 19.7. The summed E-state index contributed by atoms with van der Waals surface area (Å²) in [4.78, 5) is 2.34. The van der Waals surface area contributed by atoms with Crippen LogP contribution in [-0.2, 0) is 10.0 Å². The van der Waals surface area contributed by atoms with Crippen molar-refractivity contribution in [1.29, 1.82) is 0 Å². The molecule has 1 aliphatic heterocycles. The van der Waals surface area contributed by atoms with Gasteiger partial charge in [-0.25, -0.2) is 8.42 Å². The van der Waals surface area contributed by atoms with Gasteiger partial charge in [0.15, 0.2) is 6.29 Å². The molecule has 1 aliphatic carbocycles. The Kier molecular flexibility index (Phi) is 6.57. The maximum atomic E-state index is 13.3. The van der Waals surface area contributed by atoms with Gasteiger partial charge >= 0.3 is 0 Å². The fraction of sp³-hybridized carbons (Fsp3) is 0.417. The molecule has 3 N–H and O–H groups in total. The summed E-state index contributed by atoms with van der Waals surface area (Å²) in [6.45, 7) is 7.22. The van der Waals surface area contributed by atoms with E-state index in [2.05, 4.69) is 23.5 Å². The Morgan fingerprint density at radius 3 is 2.66 bits per heavy atom. The molecule has 0 radical (unpaired) electrons. The van der Waals surface area contributed by atoms with Crippen molar-refractivity contribution in [2.24, 2.45) is 5.92 Å². The lowest BCUT2D eigenvalue weighted by molar-refractivity contribution is -0.0438. The monoisotopic (exact) mass is 458 g/mol. The molecule has 8 heteroatoms. The van der Waals surface area contributed by atoms with Gasteiger partial charge in [-0.05, 0) is 48.7 Å². The fourth-order valence-corrected chi connectivity index (χ4v) is 5.57. The number of nitrogens with one attached hydrogen (secondary N) is 1. The van der Waals surface area contributed by atoms with Crippen LogP contribution < -0.4 is 9.46 Å². The van der Waals surface area contributed by atoms with Crippen LogP contribution in [0.5, 0.6) is 5.75 Å². The van der Waals surface area contributed by atoms with Crippen LogP contribution in [-0.4, -0.2) is 49.8 Å². The van der Waals surface area contributed by atoms with Gasteiger partial charge in [-0.2, -0.15) is 0 Å². The Morgan fingerprint density at radius 2 is 1.94 bits per heavy atom. The van der Waals surface area contributed by atoms with Crippen LogP contribution in [0.15, 0.2) is 47.4 Å². The Hall–Kier alpha value is -2.39. The summed E-state index contributed by atoms with van der Waals surface area (Å²) in [6, 6.07) is 10.2. The predicted molar refractivity (Wildman–Crippen MR) is 124 cm³/mol. The van der Waals surface area contributed by atoms with Crippen molar-refractivity contribution in [3.8, 4) is 5.75 Å². The van der Waals surface area contributed by atoms with Crippen LogP contribution in [0.3, 0.4) is 0 Å². The SMILES string of the molecule is CCN(CC)CC=Cc1ccccc1S(=O)(=O)Nc1ccc2c(c1C(O)O)OCC1CC21. The molecule has 0 bridgehead atoms. The number of benzene rings is 2. The van der Waals surface area contributed by atoms with Gasteiger partial charge in [-0.3, -0.25) is 4.72 Å². The highest BCUT2D eigenvalue weighted by Crippen LogP contribution is 2.56. The van der Waals surface area contributed by atoms with Crippen molar-refractivity contribution < 1.29 is 23.4 Å². The minimum Gasteiger partial charge on any atom is -0.492 e. The Bertz CT molecular complexity index is 1110. The second-order valence-corrected chi connectivity index (χ2v) is 9.91. The molecule has 2 atom stereocenters. The first-order valence-corrected chi connectivity index (χ1v) is 12.5. The number of anilines is 1. The largest absolute Gasteiger partial charge is 0.492 e. The number of hydrogen-bond acceptors (Lipinski definition) is 6. The first-order valence-electron chi connectivity index (χ1n) is 11.0. The summed E-state index contributed by atoms with van der Waals surface area (Å²) in [5.74, 6) is 1.19. The zero-order valence-electron chi connectivity index (χ0n) is 18.4. The van der Waals surface area contributed by atoms with Crippen LogP contribution >= 0.6 is 0 Å². The quantitative estimate of drug-likeness (QED) is 0.499. The van der Waals surface area contributed by atoms with E-state index in [0.717, 1.165) is 31.6 Å². The lowest BCUT2D eigenvalue weighted by Gasteiger charge is -2.24. The summed E-state index contributed by atoms with van der Waals surface area (Å²) < 4.78 is 34.9. The van der Waals surface area contributed by atoms with Gasteiger partial charge in [0.2, 0.25) is 0 Å². The standard InChI is InChI=1S/C24H30N2O5S/c1-3-26(4-2)13-7-9-16-8-5-6-10-21(16)32(29,30)25-20-12-11-18-19-14-17(19)15-31-23(18)22(20)24(27)28/h5-12,17,19,24-25,27-28H,3-4,13-15H2,1-2H3. The van der Waals surface area contributed by atoms with Gasteiger partial charge < -0.3 is 19.8 Å². The number of sulfonamides is 1. The summed E-state index contributed by atoms with van der Waals surface area (Å²) in [5, 5.41) is 20.0.